The summed E-state index contributed by atoms with van der Waals surface area (Å²) in [6, 6.07) is 10.7. The van der Waals surface area contributed by atoms with Gasteiger partial charge in [0.15, 0.2) is 6.10 Å². The average Bonchev–Trinajstić information content (AvgIpc) is 2.62. The summed E-state index contributed by atoms with van der Waals surface area (Å²) >= 11 is 0. The minimum Gasteiger partial charge on any atom is -0.453 e. The van der Waals surface area contributed by atoms with Crippen molar-refractivity contribution in [3.05, 3.63) is 65.2 Å². The summed E-state index contributed by atoms with van der Waals surface area (Å²) in [4.78, 5) is 23.9. The quantitative estimate of drug-likeness (QED) is 0.758. The largest absolute Gasteiger partial charge is 0.453 e. The summed E-state index contributed by atoms with van der Waals surface area (Å²) in [5, 5.41) is 2.27. The molecule has 1 N–H and O–H groups in total. The Morgan fingerprint density at radius 1 is 1.08 bits per heavy atom. The van der Waals surface area contributed by atoms with Gasteiger partial charge in [-0.25, -0.2) is 8.78 Å². The third kappa shape index (κ3) is 5.65. The second kappa shape index (κ2) is 9.08. The van der Waals surface area contributed by atoms with Crippen molar-refractivity contribution < 1.29 is 23.1 Å². The van der Waals surface area contributed by atoms with E-state index in [9.17, 15) is 18.4 Å². The number of aryl methyl sites for hydroxylation is 2. The molecule has 0 aliphatic carbocycles. The van der Waals surface area contributed by atoms with Crippen LogP contribution in [0.2, 0.25) is 0 Å². The van der Waals surface area contributed by atoms with E-state index >= 15 is 0 Å². The van der Waals surface area contributed by atoms with Crippen LogP contribution in [0.4, 0.5) is 14.5 Å². The standard InChI is InChI=1S/C20H21F2NO3/c1-3-14-4-6-15(7-5-14)8-11-19(24)26-13(2)20(25)23-18-10-9-16(21)12-17(18)22/h4-7,9-10,12-13H,3,8,11H2,1-2H3,(H,23,25)/t13-/m0/s1. The second-order valence-electron chi connectivity index (χ2n) is 5.92. The molecule has 0 spiro atoms. The fourth-order valence-corrected chi connectivity index (χ4v) is 2.32. The van der Waals surface area contributed by atoms with Gasteiger partial charge < -0.3 is 10.1 Å². The molecule has 26 heavy (non-hydrogen) atoms. The van der Waals surface area contributed by atoms with E-state index in [0.29, 0.717) is 12.5 Å². The highest BCUT2D eigenvalue weighted by Gasteiger charge is 2.19. The van der Waals surface area contributed by atoms with Crippen LogP contribution in [0.15, 0.2) is 42.5 Å². The smallest absolute Gasteiger partial charge is 0.306 e. The molecule has 1 atom stereocenters. The lowest BCUT2D eigenvalue weighted by Gasteiger charge is -2.14. The molecule has 4 nitrogen and oxygen atoms in total. The Morgan fingerprint density at radius 2 is 1.73 bits per heavy atom. The fraction of sp³-hybridized carbons (Fsp3) is 0.300. The molecular weight excluding hydrogens is 340 g/mol. The minimum atomic E-state index is -1.09. The molecule has 0 heterocycles. The van der Waals surface area contributed by atoms with Crippen molar-refractivity contribution in [2.75, 3.05) is 5.32 Å². The van der Waals surface area contributed by atoms with Crippen LogP contribution >= 0.6 is 0 Å². The van der Waals surface area contributed by atoms with Crippen LogP contribution in [0.3, 0.4) is 0 Å². The van der Waals surface area contributed by atoms with Crippen LogP contribution in [-0.4, -0.2) is 18.0 Å². The highest BCUT2D eigenvalue weighted by molar-refractivity contribution is 5.95. The lowest BCUT2D eigenvalue weighted by atomic mass is 10.1. The normalized spacial score (nSPS) is 11.7. The first kappa shape index (κ1) is 19.6. The Morgan fingerprint density at radius 3 is 2.35 bits per heavy atom. The van der Waals surface area contributed by atoms with Gasteiger partial charge in [0.1, 0.15) is 11.6 Å². The molecule has 2 aromatic rings. The van der Waals surface area contributed by atoms with Gasteiger partial charge in [-0.1, -0.05) is 31.2 Å². The molecular formula is C20H21F2NO3. The van der Waals surface area contributed by atoms with Crippen molar-refractivity contribution in [2.24, 2.45) is 0 Å². The number of benzene rings is 2. The first-order valence-electron chi connectivity index (χ1n) is 8.42. The number of ether oxygens (including phenoxy) is 1. The van der Waals surface area contributed by atoms with E-state index in [0.717, 1.165) is 24.1 Å². The van der Waals surface area contributed by atoms with Crippen LogP contribution in [0.1, 0.15) is 31.4 Å². The molecule has 0 unspecified atom stereocenters. The molecule has 0 aliphatic rings. The molecule has 0 fully saturated rings. The van der Waals surface area contributed by atoms with Crippen molar-refractivity contribution in [1.82, 2.24) is 0 Å². The average molecular weight is 361 g/mol. The molecule has 0 aromatic heterocycles. The number of halogens is 2. The number of hydrogen-bond donors (Lipinski definition) is 1. The monoisotopic (exact) mass is 361 g/mol. The van der Waals surface area contributed by atoms with Crippen LogP contribution < -0.4 is 5.32 Å². The van der Waals surface area contributed by atoms with E-state index in [1.165, 1.54) is 12.5 Å². The molecule has 0 radical (unpaired) electrons. The maximum Gasteiger partial charge on any atom is 0.306 e. The highest BCUT2D eigenvalue weighted by atomic mass is 19.1. The topological polar surface area (TPSA) is 55.4 Å². The summed E-state index contributed by atoms with van der Waals surface area (Å²) < 4.78 is 31.5. The predicted molar refractivity (Wildman–Crippen MR) is 94.7 cm³/mol. The van der Waals surface area contributed by atoms with Crippen molar-refractivity contribution >= 4 is 17.6 Å². The maximum absolute atomic E-state index is 13.5. The van der Waals surface area contributed by atoms with Crippen molar-refractivity contribution in [2.45, 2.75) is 39.2 Å². The van der Waals surface area contributed by atoms with Crippen LogP contribution in [0.25, 0.3) is 0 Å². The highest BCUT2D eigenvalue weighted by Crippen LogP contribution is 2.15. The molecule has 0 aliphatic heterocycles. The number of esters is 1. The summed E-state index contributed by atoms with van der Waals surface area (Å²) in [5.74, 6) is -2.85. The Hall–Kier alpha value is -2.76. The zero-order valence-corrected chi connectivity index (χ0v) is 14.7. The summed E-state index contributed by atoms with van der Waals surface area (Å²) in [5.41, 5.74) is 2.05. The number of nitrogens with one attached hydrogen (secondary N) is 1. The predicted octanol–water partition coefficient (Wildman–Crippen LogP) is 4.03. The van der Waals surface area contributed by atoms with Crippen LogP contribution in [-0.2, 0) is 27.2 Å². The SMILES string of the molecule is CCc1ccc(CCC(=O)O[C@@H](C)C(=O)Nc2ccc(F)cc2F)cc1. The number of carbonyl (C=O) groups is 2. The van der Waals surface area contributed by atoms with Gasteiger partial charge >= 0.3 is 5.97 Å². The first-order valence-corrected chi connectivity index (χ1v) is 8.42. The fourth-order valence-electron chi connectivity index (χ4n) is 2.32. The van der Waals surface area contributed by atoms with Gasteiger partial charge in [0.2, 0.25) is 0 Å². The van der Waals surface area contributed by atoms with Crippen LogP contribution in [0, 0.1) is 11.6 Å². The van der Waals surface area contributed by atoms with Crippen molar-refractivity contribution in [3.63, 3.8) is 0 Å². The van der Waals surface area contributed by atoms with Gasteiger partial charge in [0.25, 0.3) is 5.91 Å². The van der Waals surface area contributed by atoms with E-state index in [1.54, 1.807) is 0 Å². The van der Waals surface area contributed by atoms with Gasteiger partial charge in [-0.15, -0.1) is 0 Å². The number of hydrogen-bond acceptors (Lipinski definition) is 3. The van der Waals surface area contributed by atoms with E-state index in [4.69, 9.17) is 4.74 Å². The third-order valence-corrected chi connectivity index (χ3v) is 3.92. The lowest BCUT2D eigenvalue weighted by molar-refractivity contribution is -0.153. The van der Waals surface area contributed by atoms with E-state index in [1.807, 2.05) is 24.3 Å². The number of rotatable bonds is 7. The zero-order valence-electron chi connectivity index (χ0n) is 14.7. The molecule has 138 valence electrons. The Balaban J connectivity index is 1.82. The van der Waals surface area contributed by atoms with Gasteiger partial charge in [-0.05, 0) is 43.0 Å². The van der Waals surface area contributed by atoms with Gasteiger partial charge in [0.05, 0.1) is 5.69 Å². The number of carbonyl (C=O) groups excluding carboxylic acids is 2. The van der Waals surface area contributed by atoms with Crippen LogP contribution in [0.5, 0.6) is 0 Å². The molecule has 6 heteroatoms. The third-order valence-electron chi connectivity index (χ3n) is 3.92. The number of amides is 1. The van der Waals surface area contributed by atoms with Gasteiger partial charge in [-0.3, -0.25) is 9.59 Å². The molecule has 2 aromatic carbocycles. The van der Waals surface area contributed by atoms with Gasteiger partial charge in [0, 0.05) is 12.5 Å². The van der Waals surface area contributed by atoms with E-state index < -0.39 is 29.6 Å². The minimum absolute atomic E-state index is 0.133. The molecule has 0 bridgehead atoms. The molecule has 1 amide bonds. The molecule has 0 saturated heterocycles. The van der Waals surface area contributed by atoms with Crippen molar-refractivity contribution in [3.8, 4) is 0 Å². The molecule has 2 rings (SSSR count). The summed E-state index contributed by atoms with van der Waals surface area (Å²) in [6.45, 7) is 3.46. The Kier molecular flexibility index (Phi) is 6.83. The van der Waals surface area contributed by atoms with E-state index in [-0.39, 0.29) is 12.1 Å². The zero-order chi connectivity index (χ0) is 19.1. The lowest BCUT2D eigenvalue weighted by Crippen LogP contribution is -2.30. The van der Waals surface area contributed by atoms with Gasteiger partial charge in [-0.2, -0.15) is 0 Å². The summed E-state index contributed by atoms with van der Waals surface area (Å²) in [7, 11) is 0. The van der Waals surface area contributed by atoms with Crippen molar-refractivity contribution in [1.29, 1.82) is 0 Å². The maximum atomic E-state index is 13.5. The molecule has 0 saturated carbocycles. The summed E-state index contributed by atoms with van der Waals surface area (Å²) in [6.07, 6.45) is 0.496. The Bertz CT molecular complexity index is 775. The Labute approximate surface area is 151 Å². The first-order chi connectivity index (χ1) is 12.4. The second-order valence-corrected chi connectivity index (χ2v) is 5.92. The number of anilines is 1. The van der Waals surface area contributed by atoms with E-state index in [2.05, 4.69) is 12.2 Å².